The third kappa shape index (κ3) is 1.70. The number of nitrogens with one attached hydrogen (secondary N) is 1. The number of nitrogens with zero attached hydrogens (tertiary/aromatic N) is 1. The number of rotatable bonds is 3. The van der Waals surface area contributed by atoms with Crippen molar-refractivity contribution in [3.8, 4) is 11.7 Å². The lowest BCUT2D eigenvalue weighted by Crippen LogP contribution is -2.04. The maximum Gasteiger partial charge on any atom is 0.263 e. The summed E-state index contributed by atoms with van der Waals surface area (Å²) in [6.07, 6.45) is 1.63. The topological polar surface area (TPSA) is 51.2 Å². The van der Waals surface area contributed by atoms with Gasteiger partial charge in [0.25, 0.3) is 5.89 Å². The number of hydrogen-bond acceptors (Lipinski definition) is 4. The predicted molar refractivity (Wildman–Crippen MR) is 51.7 cm³/mol. The largest absolute Gasteiger partial charge is 0.456 e. The van der Waals surface area contributed by atoms with Crippen LogP contribution in [0, 0.1) is 6.92 Å². The summed E-state index contributed by atoms with van der Waals surface area (Å²) in [6, 6.07) is 3.74. The maximum atomic E-state index is 5.38. The molecule has 0 aromatic carbocycles. The van der Waals surface area contributed by atoms with Crippen molar-refractivity contribution in [2.75, 3.05) is 7.05 Å². The number of furan rings is 1. The molecule has 0 bridgehead atoms. The Morgan fingerprint density at radius 3 is 2.93 bits per heavy atom. The Labute approximate surface area is 81.9 Å². The van der Waals surface area contributed by atoms with E-state index in [1.807, 2.05) is 26.1 Å². The fraction of sp³-hybridized carbons (Fsp3) is 0.300. The van der Waals surface area contributed by atoms with Gasteiger partial charge in [0.2, 0.25) is 0 Å². The van der Waals surface area contributed by atoms with Crippen molar-refractivity contribution in [2.45, 2.75) is 13.5 Å². The van der Waals surface area contributed by atoms with Gasteiger partial charge in [-0.15, -0.1) is 0 Å². The van der Waals surface area contributed by atoms with Gasteiger partial charge in [-0.3, -0.25) is 0 Å². The molecule has 0 radical (unpaired) electrons. The van der Waals surface area contributed by atoms with E-state index in [1.54, 1.807) is 6.26 Å². The molecule has 2 aromatic rings. The molecular weight excluding hydrogens is 180 g/mol. The first-order valence-corrected chi connectivity index (χ1v) is 4.45. The molecule has 0 atom stereocenters. The Hall–Kier alpha value is -1.55. The van der Waals surface area contributed by atoms with Gasteiger partial charge in [-0.05, 0) is 26.1 Å². The van der Waals surface area contributed by atoms with Gasteiger partial charge in [0.1, 0.15) is 12.0 Å². The normalized spacial score (nSPS) is 10.7. The Morgan fingerprint density at radius 1 is 1.43 bits per heavy atom. The highest BCUT2D eigenvalue weighted by molar-refractivity contribution is 5.44. The average Bonchev–Trinajstić information content (AvgIpc) is 2.74. The van der Waals surface area contributed by atoms with E-state index in [1.165, 1.54) is 0 Å². The van der Waals surface area contributed by atoms with E-state index in [9.17, 15) is 0 Å². The molecule has 0 saturated carbocycles. The van der Waals surface area contributed by atoms with Gasteiger partial charge in [-0.1, -0.05) is 0 Å². The van der Waals surface area contributed by atoms with E-state index in [0.717, 1.165) is 11.5 Å². The fourth-order valence-corrected chi connectivity index (χ4v) is 1.23. The first kappa shape index (κ1) is 9.02. The zero-order valence-electron chi connectivity index (χ0n) is 8.20. The molecule has 4 heteroatoms. The summed E-state index contributed by atoms with van der Waals surface area (Å²) in [7, 11) is 1.87. The molecule has 0 amide bonds. The van der Waals surface area contributed by atoms with Gasteiger partial charge in [0.15, 0.2) is 5.76 Å². The van der Waals surface area contributed by atoms with Gasteiger partial charge < -0.3 is 14.2 Å². The van der Waals surface area contributed by atoms with Crippen LogP contribution in [0.1, 0.15) is 11.5 Å². The summed E-state index contributed by atoms with van der Waals surface area (Å²) in [5, 5.41) is 3.00. The first-order valence-electron chi connectivity index (χ1n) is 4.45. The quantitative estimate of drug-likeness (QED) is 0.807. The van der Waals surface area contributed by atoms with Gasteiger partial charge >= 0.3 is 0 Å². The molecule has 2 aromatic heterocycles. The van der Waals surface area contributed by atoms with Gasteiger partial charge in [0.05, 0.1) is 5.69 Å². The molecule has 4 nitrogen and oxygen atoms in total. The van der Waals surface area contributed by atoms with E-state index >= 15 is 0 Å². The van der Waals surface area contributed by atoms with Crippen LogP contribution in [0.15, 0.2) is 27.2 Å². The third-order valence-electron chi connectivity index (χ3n) is 1.86. The van der Waals surface area contributed by atoms with E-state index in [4.69, 9.17) is 8.83 Å². The van der Waals surface area contributed by atoms with Crippen LogP contribution in [0.25, 0.3) is 11.7 Å². The minimum Gasteiger partial charge on any atom is -0.456 e. The van der Waals surface area contributed by atoms with Crippen molar-refractivity contribution in [3.05, 3.63) is 29.9 Å². The molecule has 0 unspecified atom stereocenters. The third-order valence-corrected chi connectivity index (χ3v) is 1.86. The molecule has 2 heterocycles. The molecule has 2 rings (SSSR count). The Morgan fingerprint density at radius 2 is 2.29 bits per heavy atom. The van der Waals surface area contributed by atoms with Crippen LogP contribution < -0.4 is 5.32 Å². The van der Waals surface area contributed by atoms with Crippen LogP contribution in [0.4, 0.5) is 0 Å². The molecule has 0 aliphatic heterocycles. The lowest BCUT2D eigenvalue weighted by Gasteiger charge is -1.89. The molecule has 0 aliphatic carbocycles. The van der Waals surface area contributed by atoms with Crippen molar-refractivity contribution in [1.29, 1.82) is 0 Å². The number of oxazole rings is 1. The van der Waals surface area contributed by atoms with Crippen LogP contribution >= 0.6 is 0 Å². The second-order valence-corrected chi connectivity index (χ2v) is 3.08. The fourth-order valence-electron chi connectivity index (χ4n) is 1.23. The van der Waals surface area contributed by atoms with E-state index < -0.39 is 0 Å². The molecule has 14 heavy (non-hydrogen) atoms. The summed E-state index contributed by atoms with van der Waals surface area (Å²) >= 11 is 0. The average molecular weight is 192 g/mol. The molecule has 0 spiro atoms. The van der Waals surface area contributed by atoms with Crippen LogP contribution in [0.5, 0.6) is 0 Å². The minimum atomic E-state index is 0.531. The van der Waals surface area contributed by atoms with E-state index in [0.29, 0.717) is 18.2 Å². The molecule has 1 N–H and O–H groups in total. The monoisotopic (exact) mass is 192 g/mol. The molecule has 0 saturated heterocycles. The molecule has 0 fully saturated rings. The highest BCUT2D eigenvalue weighted by Gasteiger charge is 2.09. The minimum absolute atomic E-state index is 0.531. The number of aryl methyl sites for hydroxylation is 1. The second-order valence-electron chi connectivity index (χ2n) is 3.08. The summed E-state index contributed by atoms with van der Waals surface area (Å²) < 4.78 is 10.7. The molecule has 74 valence electrons. The van der Waals surface area contributed by atoms with Crippen LogP contribution in [-0.2, 0) is 6.54 Å². The molecule has 0 aliphatic rings. The van der Waals surface area contributed by atoms with Gasteiger partial charge in [-0.2, -0.15) is 0 Å². The van der Waals surface area contributed by atoms with Crippen molar-refractivity contribution in [2.24, 2.45) is 0 Å². The number of aromatic nitrogens is 1. The predicted octanol–water partition coefficient (Wildman–Crippen LogP) is 1.96. The van der Waals surface area contributed by atoms with Crippen molar-refractivity contribution in [3.63, 3.8) is 0 Å². The first-order chi connectivity index (χ1) is 6.79. The van der Waals surface area contributed by atoms with Crippen molar-refractivity contribution in [1.82, 2.24) is 10.3 Å². The summed E-state index contributed by atoms with van der Waals surface area (Å²) in [5.41, 5.74) is 0.872. The van der Waals surface area contributed by atoms with Crippen LogP contribution in [-0.4, -0.2) is 12.0 Å². The van der Waals surface area contributed by atoms with Gasteiger partial charge in [-0.25, -0.2) is 4.98 Å². The number of hydrogen-bond donors (Lipinski definition) is 1. The second kappa shape index (κ2) is 3.67. The maximum absolute atomic E-state index is 5.38. The highest BCUT2D eigenvalue weighted by atomic mass is 16.4. The van der Waals surface area contributed by atoms with E-state index in [-0.39, 0.29) is 0 Å². The standard InChI is InChI=1S/C10H12N2O2/c1-7-3-4-9(14-7)10-12-8(5-11-2)6-13-10/h3-4,6,11H,5H2,1-2H3. The summed E-state index contributed by atoms with van der Waals surface area (Å²) in [5.74, 6) is 2.06. The molecular formula is C10H12N2O2. The lowest BCUT2D eigenvalue weighted by atomic mass is 10.4. The summed E-state index contributed by atoms with van der Waals surface area (Å²) in [6.45, 7) is 2.59. The van der Waals surface area contributed by atoms with Crippen LogP contribution in [0.2, 0.25) is 0 Å². The smallest absolute Gasteiger partial charge is 0.263 e. The van der Waals surface area contributed by atoms with Crippen LogP contribution in [0.3, 0.4) is 0 Å². The highest BCUT2D eigenvalue weighted by Crippen LogP contribution is 2.20. The van der Waals surface area contributed by atoms with Crippen molar-refractivity contribution >= 4 is 0 Å². The SMILES string of the molecule is CNCc1coc(-c2ccc(C)o2)n1. The Balaban J connectivity index is 2.24. The summed E-state index contributed by atoms with van der Waals surface area (Å²) in [4.78, 5) is 4.26. The van der Waals surface area contributed by atoms with Crippen molar-refractivity contribution < 1.29 is 8.83 Å². The van der Waals surface area contributed by atoms with Gasteiger partial charge in [0, 0.05) is 6.54 Å². The lowest BCUT2D eigenvalue weighted by molar-refractivity contribution is 0.501. The zero-order chi connectivity index (χ0) is 9.97. The van der Waals surface area contributed by atoms with E-state index in [2.05, 4.69) is 10.3 Å². The Kier molecular flexibility index (Phi) is 2.37. The Bertz CT molecular complexity index is 417. The zero-order valence-corrected chi connectivity index (χ0v) is 8.20.